The number of likely N-dealkylation sites (tertiary alicyclic amines) is 1. The van der Waals surface area contributed by atoms with Gasteiger partial charge < -0.3 is 15.0 Å². The Morgan fingerprint density at radius 2 is 1.85 bits per heavy atom. The van der Waals surface area contributed by atoms with Gasteiger partial charge in [-0.25, -0.2) is 9.97 Å². The summed E-state index contributed by atoms with van der Waals surface area (Å²) in [7, 11) is 0. The molecule has 0 atom stereocenters. The molecule has 1 N–H and O–H groups in total. The van der Waals surface area contributed by atoms with Gasteiger partial charge >= 0.3 is 0 Å². The van der Waals surface area contributed by atoms with Gasteiger partial charge in [-0.2, -0.15) is 0 Å². The van der Waals surface area contributed by atoms with E-state index in [0.29, 0.717) is 11.5 Å². The zero-order valence-electron chi connectivity index (χ0n) is 15.4. The standard InChI is InChI=1S/C20H26N4O2/c1-15(2)26-18-10-6-5-9-16(18)23-19-13-17(21-14-22-19)20(25)24-11-7-3-4-8-12-24/h5-6,9-10,13-15H,3-4,7-8,11-12H2,1-2H3,(H,21,22,23). The van der Waals surface area contributed by atoms with Crippen LogP contribution in [0.3, 0.4) is 0 Å². The Kier molecular flexibility index (Phi) is 6.04. The summed E-state index contributed by atoms with van der Waals surface area (Å²) in [5, 5.41) is 3.24. The lowest BCUT2D eigenvalue weighted by molar-refractivity contribution is 0.0755. The number of anilines is 2. The number of amides is 1. The zero-order chi connectivity index (χ0) is 18.4. The van der Waals surface area contributed by atoms with Gasteiger partial charge in [0.15, 0.2) is 0 Å². The van der Waals surface area contributed by atoms with Gasteiger partial charge in [-0.3, -0.25) is 4.79 Å². The molecule has 2 aromatic rings. The Morgan fingerprint density at radius 1 is 1.12 bits per heavy atom. The summed E-state index contributed by atoms with van der Waals surface area (Å²) in [6.07, 6.45) is 5.99. The number of ether oxygens (including phenoxy) is 1. The molecule has 0 radical (unpaired) electrons. The molecule has 0 spiro atoms. The van der Waals surface area contributed by atoms with E-state index in [9.17, 15) is 4.79 Å². The second-order valence-electron chi connectivity index (χ2n) is 6.78. The van der Waals surface area contributed by atoms with Crippen molar-refractivity contribution in [2.45, 2.75) is 45.6 Å². The minimum Gasteiger partial charge on any atom is -0.489 e. The number of aromatic nitrogens is 2. The molecule has 0 bridgehead atoms. The Morgan fingerprint density at radius 3 is 2.58 bits per heavy atom. The molecule has 138 valence electrons. The largest absolute Gasteiger partial charge is 0.489 e. The van der Waals surface area contributed by atoms with Crippen molar-refractivity contribution in [3.8, 4) is 5.75 Å². The lowest BCUT2D eigenvalue weighted by Gasteiger charge is -2.20. The Labute approximate surface area is 154 Å². The molecular formula is C20H26N4O2. The maximum absolute atomic E-state index is 12.8. The third-order valence-corrected chi connectivity index (χ3v) is 4.29. The van der Waals surface area contributed by atoms with E-state index in [-0.39, 0.29) is 12.0 Å². The first-order chi connectivity index (χ1) is 12.6. The first-order valence-corrected chi connectivity index (χ1v) is 9.27. The second-order valence-corrected chi connectivity index (χ2v) is 6.78. The number of benzene rings is 1. The highest BCUT2D eigenvalue weighted by Gasteiger charge is 2.19. The van der Waals surface area contributed by atoms with Crippen molar-refractivity contribution in [1.82, 2.24) is 14.9 Å². The van der Waals surface area contributed by atoms with Crippen molar-refractivity contribution in [1.29, 1.82) is 0 Å². The highest BCUT2D eigenvalue weighted by atomic mass is 16.5. The quantitative estimate of drug-likeness (QED) is 0.878. The van der Waals surface area contributed by atoms with Crippen LogP contribution in [0.2, 0.25) is 0 Å². The number of hydrogen-bond donors (Lipinski definition) is 1. The lowest BCUT2D eigenvalue weighted by atomic mass is 10.2. The van der Waals surface area contributed by atoms with Gasteiger partial charge in [0.1, 0.15) is 23.6 Å². The van der Waals surface area contributed by atoms with E-state index in [2.05, 4.69) is 15.3 Å². The highest BCUT2D eigenvalue weighted by Crippen LogP contribution is 2.27. The van der Waals surface area contributed by atoms with Crippen LogP contribution in [0, 0.1) is 0 Å². The Bertz CT molecular complexity index is 740. The van der Waals surface area contributed by atoms with Gasteiger partial charge in [0.05, 0.1) is 11.8 Å². The monoisotopic (exact) mass is 354 g/mol. The molecule has 2 heterocycles. The number of rotatable bonds is 5. The maximum atomic E-state index is 12.8. The average molecular weight is 354 g/mol. The van der Waals surface area contributed by atoms with E-state index in [0.717, 1.165) is 37.4 Å². The molecule has 0 unspecified atom stereocenters. The third-order valence-electron chi connectivity index (χ3n) is 4.29. The molecule has 1 aromatic heterocycles. The maximum Gasteiger partial charge on any atom is 0.272 e. The number of carbonyl (C=O) groups is 1. The van der Waals surface area contributed by atoms with Crippen LogP contribution in [-0.2, 0) is 0 Å². The van der Waals surface area contributed by atoms with Crippen LogP contribution < -0.4 is 10.1 Å². The molecule has 0 saturated carbocycles. The van der Waals surface area contributed by atoms with Crippen molar-refractivity contribution in [2.75, 3.05) is 18.4 Å². The molecule has 1 aliphatic heterocycles. The zero-order valence-corrected chi connectivity index (χ0v) is 15.4. The fourth-order valence-electron chi connectivity index (χ4n) is 3.04. The van der Waals surface area contributed by atoms with Gasteiger partial charge in [0.2, 0.25) is 0 Å². The highest BCUT2D eigenvalue weighted by molar-refractivity contribution is 5.93. The van der Waals surface area contributed by atoms with Crippen molar-refractivity contribution in [3.63, 3.8) is 0 Å². The fourth-order valence-corrected chi connectivity index (χ4v) is 3.04. The predicted molar refractivity (Wildman–Crippen MR) is 102 cm³/mol. The van der Waals surface area contributed by atoms with Crippen molar-refractivity contribution < 1.29 is 9.53 Å². The van der Waals surface area contributed by atoms with Crippen LogP contribution in [0.25, 0.3) is 0 Å². The summed E-state index contributed by atoms with van der Waals surface area (Å²) in [4.78, 5) is 23.1. The number of para-hydroxylation sites is 2. The average Bonchev–Trinajstić information content (AvgIpc) is 2.92. The van der Waals surface area contributed by atoms with Crippen LogP contribution in [0.15, 0.2) is 36.7 Å². The summed E-state index contributed by atoms with van der Waals surface area (Å²) in [6, 6.07) is 9.40. The molecule has 1 fully saturated rings. The smallest absolute Gasteiger partial charge is 0.272 e. The van der Waals surface area contributed by atoms with E-state index in [1.165, 1.54) is 19.2 Å². The second kappa shape index (κ2) is 8.65. The van der Waals surface area contributed by atoms with Gasteiger partial charge in [0.25, 0.3) is 5.91 Å². The SMILES string of the molecule is CC(C)Oc1ccccc1Nc1cc(C(=O)N2CCCCCC2)ncn1. The number of carbonyl (C=O) groups excluding carboxylic acids is 1. The molecule has 6 heteroatoms. The van der Waals surface area contributed by atoms with Crippen molar-refractivity contribution in [3.05, 3.63) is 42.4 Å². The molecule has 3 rings (SSSR count). The van der Waals surface area contributed by atoms with Gasteiger partial charge in [-0.15, -0.1) is 0 Å². The number of hydrogen-bond acceptors (Lipinski definition) is 5. The predicted octanol–water partition coefficient (Wildman–Crippen LogP) is 4.02. The molecule has 1 aliphatic rings. The first-order valence-electron chi connectivity index (χ1n) is 9.27. The number of nitrogens with zero attached hydrogens (tertiary/aromatic N) is 3. The van der Waals surface area contributed by atoms with E-state index in [1.807, 2.05) is 43.0 Å². The van der Waals surface area contributed by atoms with Crippen molar-refractivity contribution >= 4 is 17.4 Å². The molecular weight excluding hydrogens is 328 g/mol. The molecule has 26 heavy (non-hydrogen) atoms. The summed E-state index contributed by atoms with van der Waals surface area (Å²) in [6.45, 7) is 5.58. The summed E-state index contributed by atoms with van der Waals surface area (Å²) < 4.78 is 5.82. The molecule has 1 aromatic carbocycles. The Balaban J connectivity index is 1.76. The lowest BCUT2D eigenvalue weighted by Crippen LogP contribution is -2.32. The van der Waals surface area contributed by atoms with E-state index >= 15 is 0 Å². The van der Waals surface area contributed by atoms with Crippen LogP contribution in [0.1, 0.15) is 50.0 Å². The van der Waals surface area contributed by atoms with Crippen LogP contribution >= 0.6 is 0 Å². The summed E-state index contributed by atoms with van der Waals surface area (Å²) in [5.41, 5.74) is 1.24. The van der Waals surface area contributed by atoms with E-state index < -0.39 is 0 Å². The van der Waals surface area contributed by atoms with Crippen LogP contribution in [0.5, 0.6) is 5.75 Å². The first kappa shape index (κ1) is 18.2. The van der Waals surface area contributed by atoms with Crippen LogP contribution in [0.4, 0.5) is 11.5 Å². The van der Waals surface area contributed by atoms with E-state index in [1.54, 1.807) is 6.07 Å². The fraction of sp³-hybridized carbons (Fsp3) is 0.450. The van der Waals surface area contributed by atoms with Gasteiger partial charge in [0, 0.05) is 19.2 Å². The molecule has 0 aliphatic carbocycles. The summed E-state index contributed by atoms with van der Waals surface area (Å²) >= 11 is 0. The van der Waals surface area contributed by atoms with Crippen molar-refractivity contribution in [2.24, 2.45) is 0 Å². The molecule has 6 nitrogen and oxygen atoms in total. The Hall–Kier alpha value is -2.63. The minimum atomic E-state index is -0.0240. The number of nitrogens with one attached hydrogen (secondary N) is 1. The topological polar surface area (TPSA) is 67.3 Å². The minimum absolute atomic E-state index is 0.0240. The normalized spacial score (nSPS) is 14.8. The van der Waals surface area contributed by atoms with Crippen LogP contribution in [-0.4, -0.2) is 40.0 Å². The van der Waals surface area contributed by atoms with Gasteiger partial charge in [-0.1, -0.05) is 25.0 Å². The van der Waals surface area contributed by atoms with E-state index in [4.69, 9.17) is 4.74 Å². The molecule has 1 saturated heterocycles. The molecule has 1 amide bonds. The van der Waals surface area contributed by atoms with Gasteiger partial charge in [-0.05, 0) is 38.8 Å². The summed E-state index contributed by atoms with van der Waals surface area (Å²) in [5.74, 6) is 1.31. The third kappa shape index (κ3) is 4.71.